The quantitative estimate of drug-likeness (QED) is 0.660. The van der Waals surface area contributed by atoms with Gasteiger partial charge in [0.05, 0.1) is 6.61 Å². The van der Waals surface area contributed by atoms with E-state index in [1.165, 1.54) is 12.1 Å². The van der Waals surface area contributed by atoms with Crippen LogP contribution in [0.25, 0.3) is 0 Å². The van der Waals surface area contributed by atoms with Crippen LogP contribution < -0.4 is 10.9 Å². The van der Waals surface area contributed by atoms with E-state index in [2.05, 4.69) is 10.3 Å². The number of hydrogen-bond acceptors (Lipinski definition) is 6. The molecule has 0 spiro atoms. The molecule has 0 fully saturated rings. The van der Waals surface area contributed by atoms with Crippen molar-refractivity contribution in [1.29, 1.82) is 0 Å². The second-order valence-corrected chi connectivity index (χ2v) is 5.56. The van der Waals surface area contributed by atoms with Crippen LogP contribution in [0, 0.1) is 0 Å². The maximum atomic E-state index is 12.7. The number of rotatable bonds is 4. The van der Waals surface area contributed by atoms with Gasteiger partial charge < -0.3 is 15.2 Å². The van der Waals surface area contributed by atoms with Crippen LogP contribution in [0.2, 0.25) is 0 Å². The van der Waals surface area contributed by atoms with Gasteiger partial charge in [-0.05, 0) is 44.0 Å². The Morgan fingerprint density at radius 2 is 2.08 bits per heavy atom. The molecule has 1 aromatic carbocycles. The highest BCUT2D eigenvalue weighted by Crippen LogP contribution is 2.22. The van der Waals surface area contributed by atoms with E-state index in [4.69, 9.17) is 4.74 Å². The molecule has 0 unspecified atom stereocenters. The van der Waals surface area contributed by atoms with Gasteiger partial charge >= 0.3 is 5.97 Å². The van der Waals surface area contributed by atoms with Crippen LogP contribution in [-0.4, -0.2) is 27.2 Å². The van der Waals surface area contributed by atoms with E-state index in [0.29, 0.717) is 24.5 Å². The number of ether oxygens (including phenoxy) is 1. The molecule has 2 aromatic rings. The molecule has 1 aliphatic rings. The van der Waals surface area contributed by atoms with Gasteiger partial charge in [0.2, 0.25) is 0 Å². The van der Waals surface area contributed by atoms with Crippen molar-refractivity contribution < 1.29 is 14.6 Å². The number of esters is 1. The number of anilines is 2. The molecule has 0 bridgehead atoms. The minimum atomic E-state index is -0.683. The van der Waals surface area contributed by atoms with Crippen LogP contribution in [0.4, 0.5) is 11.5 Å². The van der Waals surface area contributed by atoms with E-state index in [1.54, 1.807) is 23.6 Å². The molecule has 0 saturated carbocycles. The highest BCUT2D eigenvalue weighted by atomic mass is 16.5. The fourth-order valence-corrected chi connectivity index (χ4v) is 2.73. The SMILES string of the molecule is CCOC(=O)c1c(Nc2ccc(O)cc2)nc2n(c1=O)CCCC2. The molecule has 126 valence electrons. The summed E-state index contributed by atoms with van der Waals surface area (Å²) in [5, 5.41) is 12.4. The van der Waals surface area contributed by atoms with Crippen molar-refractivity contribution in [3.8, 4) is 5.75 Å². The highest BCUT2D eigenvalue weighted by Gasteiger charge is 2.24. The number of fused-ring (bicyclic) bond motifs is 1. The van der Waals surface area contributed by atoms with Crippen LogP contribution in [0.3, 0.4) is 0 Å². The van der Waals surface area contributed by atoms with Gasteiger partial charge in [0.15, 0.2) is 11.4 Å². The van der Waals surface area contributed by atoms with Crippen LogP contribution >= 0.6 is 0 Å². The van der Waals surface area contributed by atoms with Gasteiger partial charge in [0.1, 0.15) is 11.6 Å². The molecule has 0 atom stereocenters. The summed E-state index contributed by atoms with van der Waals surface area (Å²) < 4.78 is 6.58. The van der Waals surface area contributed by atoms with Crippen LogP contribution in [0.15, 0.2) is 29.1 Å². The summed E-state index contributed by atoms with van der Waals surface area (Å²) in [6, 6.07) is 6.31. The number of phenolic OH excluding ortho intramolecular Hbond substituents is 1. The summed E-state index contributed by atoms with van der Waals surface area (Å²) in [6.45, 7) is 2.43. The lowest BCUT2D eigenvalue weighted by Gasteiger charge is -2.20. The first-order valence-electron chi connectivity index (χ1n) is 7.97. The van der Waals surface area contributed by atoms with E-state index in [0.717, 1.165) is 12.8 Å². The van der Waals surface area contributed by atoms with Crippen molar-refractivity contribution in [1.82, 2.24) is 9.55 Å². The first-order valence-corrected chi connectivity index (χ1v) is 7.97. The zero-order valence-corrected chi connectivity index (χ0v) is 13.4. The Labute approximate surface area is 138 Å². The van der Waals surface area contributed by atoms with E-state index in [1.807, 2.05) is 0 Å². The summed E-state index contributed by atoms with van der Waals surface area (Å²) in [6.07, 6.45) is 2.55. The molecule has 0 aliphatic carbocycles. The second kappa shape index (κ2) is 6.74. The predicted molar refractivity (Wildman–Crippen MR) is 88.8 cm³/mol. The van der Waals surface area contributed by atoms with Gasteiger partial charge in [0, 0.05) is 18.7 Å². The van der Waals surface area contributed by atoms with Crippen molar-refractivity contribution in [2.24, 2.45) is 0 Å². The van der Waals surface area contributed by atoms with Gasteiger partial charge in [-0.2, -0.15) is 0 Å². The number of aryl methyl sites for hydroxylation is 1. The van der Waals surface area contributed by atoms with Crippen molar-refractivity contribution in [2.75, 3.05) is 11.9 Å². The zero-order chi connectivity index (χ0) is 17.1. The topological polar surface area (TPSA) is 93.4 Å². The Kier molecular flexibility index (Phi) is 4.50. The summed E-state index contributed by atoms with van der Waals surface area (Å²) in [5.41, 5.74) is 0.154. The van der Waals surface area contributed by atoms with E-state index < -0.39 is 5.97 Å². The number of hydrogen-bond donors (Lipinski definition) is 2. The molecule has 1 aliphatic heterocycles. The smallest absolute Gasteiger partial charge is 0.347 e. The van der Waals surface area contributed by atoms with Gasteiger partial charge in [-0.25, -0.2) is 9.78 Å². The molecule has 0 radical (unpaired) electrons. The number of aromatic nitrogens is 2. The van der Waals surface area contributed by atoms with E-state index in [-0.39, 0.29) is 29.3 Å². The summed E-state index contributed by atoms with van der Waals surface area (Å²) >= 11 is 0. The molecule has 0 saturated heterocycles. The normalized spacial score (nSPS) is 13.2. The van der Waals surface area contributed by atoms with Crippen molar-refractivity contribution in [3.05, 3.63) is 46.0 Å². The standard InChI is InChI=1S/C17H19N3O4/c1-2-24-17(23)14-15(18-11-6-8-12(21)9-7-11)19-13-5-3-4-10-20(13)16(14)22/h6-9,18,21H,2-5,10H2,1H3. The minimum Gasteiger partial charge on any atom is -0.508 e. The van der Waals surface area contributed by atoms with Crippen LogP contribution in [0.1, 0.15) is 35.9 Å². The molecule has 7 heteroatoms. The molecular weight excluding hydrogens is 310 g/mol. The number of carbonyl (C=O) groups excluding carboxylic acids is 1. The molecule has 2 heterocycles. The molecule has 1 aromatic heterocycles. The largest absolute Gasteiger partial charge is 0.508 e. The molecule has 3 rings (SSSR count). The Hall–Kier alpha value is -2.83. The van der Waals surface area contributed by atoms with Gasteiger partial charge in [-0.15, -0.1) is 0 Å². The molecule has 24 heavy (non-hydrogen) atoms. The number of phenols is 1. The highest BCUT2D eigenvalue weighted by molar-refractivity contribution is 5.95. The average molecular weight is 329 g/mol. The van der Waals surface area contributed by atoms with Crippen molar-refractivity contribution >= 4 is 17.5 Å². The number of benzene rings is 1. The number of aromatic hydroxyl groups is 1. The Bertz CT molecular complexity index is 812. The van der Waals surface area contributed by atoms with Gasteiger partial charge in [0.25, 0.3) is 5.56 Å². The molecular formula is C17H19N3O4. The third-order valence-electron chi connectivity index (χ3n) is 3.89. The third kappa shape index (κ3) is 3.10. The lowest BCUT2D eigenvalue weighted by atomic mass is 10.1. The predicted octanol–water partition coefficient (Wildman–Crippen LogP) is 2.21. The monoisotopic (exact) mass is 329 g/mol. The fraction of sp³-hybridized carbons (Fsp3) is 0.353. The van der Waals surface area contributed by atoms with Crippen LogP contribution in [0.5, 0.6) is 5.75 Å². The second-order valence-electron chi connectivity index (χ2n) is 5.56. The van der Waals surface area contributed by atoms with Crippen molar-refractivity contribution in [2.45, 2.75) is 32.7 Å². The zero-order valence-electron chi connectivity index (χ0n) is 13.4. The molecule has 0 amide bonds. The fourth-order valence-electron chi connectivity index (χ4n) is 2.73. The summed E-state index contributed by atoms with van der Waals surface area (Å²) in [7, 11) is 0. The minimum absolute atomic E-state index is 0.0874. The Morgan fingerprint density at radius 3 is 2.79 bits per heavy atom. The van der Waals surface area contributed by atoms with E-state index >= 15 is 0 Å². The molecule has 2 N–H and O–H groups in total. The average Bonchev–Trinajstić information content (AvgIpc) is 2.57. The van der Waals surface area contributed by atoms with Crippen molar-refractivity contribution in [3.63, 3.8) is 0 Å². The van der Waals surface area contributed by atoms with Gasteiger partial charge in [-0.1, -0.05) is 0 Å². The first-order chi connectivity index (χ1) is 11.6. The lowest BCUT2D eigenvalue weighted by Crippen LogP contribution is -2.34. The summed E-state index contributed by atoms with van der Waals surface area (Å²) in [5.74, 6) is 0.305. The lowest BCUT2D eigenvalue weighted by molar-refractivity contribution is 0.0524. The molecule has 7 nitrogen and oxygen atoms in total. The third-order valence-corrected chi connectivity index (χ3v) is 3.89. The number of nitrogens with one attached hydrogen (secondary N) is 1. The van der Waals surface area contributed by atoms with E-state index in [9.17, 15) is 14.7 Å². The maximum Gasteiger partial charge on any atom is 0.347 e. The Morgan fingerprint density at radius 1 is 1.33 bits per heavy atom. The van der Waals surface area contributed by atoms with Crippen LogP contribution in [-0.2, 0) is 17.7 Å². The number of nitrogens with zero attached hydrogens (tertiary/aromatic N) is 2. The van der Waals surface area contributed by atoms with Gasteiger partial charge in [-0.3, -0.25) is 9.36 Å². The number of carbonyl (C=O) groups is 1. The maximum absolute atomic E-state index is 12.7. The first kappa shape index (κ1) is 16.0. The summed E-state index contributed by atoms with van der Waals surface area (Å²) in [4.78, 5) is 29.5. The Balaban J connectivity index is 2.08.